The number of amides is 2. The molecule has 228 valence electrons. The number of carbonyl (C=O) groups excluding carboxylic acids is 2. The van der Waals surface area contributed by atoms with Gasteiger partial charge < -0.3 is 20.3 Å². The maximum absolute atomic E-state index is 13.1. The number of likely N-dealkylation sites (tertiary alicyclic amines) is 1. The molecule has 10 heteroatoms. The number of alkyl carbamates (subject to hydrolysis) is 1. The van der Waals surface area contributed by atoms with Crippen molar-refractivity contribution < 1.29 is 14.3 Å². The van der Waals surface area contributed by atoms with Crippen molar-refractivity contribution in [2.45, 2.75) is 70.7 Å². The van der Waals surface area contributed by atoms with E-state index in [2.05, 4.69) is 37.6 Å². The van der Waals surface area contributed by atoms with Gasteiger partial charge in [0.15, 0.2) is 0 Å². The number of aromatic nitrogens is 2. The van der Waals surface area contributed by atoms with E-state index in [1.807, 2.05) is 57.3 Å². The molecule has 0 atom stereocenters. The molecule has 1 aromatic carbocycles. The molecule has 2 N–H and O–H groups in total. The molecule has 0 unspecified atom stereocenters. The number of nitrogens with one attached hydrogen (secondary N) is 2. The summed E-state index contributed by atoms with van der Waals surface area (Å²) in [5.41, 5.74) is 2.65. The quantitative estimate of drug-likeness (QED) is 0.358. The fourth-order valence-corrected chi connectivity index (χ4v) is 5.92. The topological polar surface area (TPSA) is 99.7 Å². The Morgan fingerprint density at radius 1 is 0.907 bits per heavy atom. The van der Waals surface area contributed by atoms with Gasteiger partial charge in [0.2, 0.25) is 0 Å². The third kappa shape index (κ3) is 8.45. The van der Waals surface area contributed by atoms with Crippen molar-refractivity contribution in [3.05, 3.63) is 77.1 Å². The first-order valence-electron chi connectivity index (χ1n) is 15.1. The number of hydrogen-bond acceptors (Lipinski definition) is 7. The lowest BCUT2D eigenvalue weighted by molar-refractivity contribution is 0.0497. The first kappa shape index (κ1) is 30.8. The average Bonchev–Trinajstić information content (AvgIpc) is 2.98. The SMILES string of the molecule is CC(C)(C)OC(=O)NC1CCN(c2ccc(CN3CCC(NC(=O)c4cccc(-c5ccccn5)c4Cl)CC3)cn2)CC1. The number of ether oxygens (including phenoxy) is 1. The van der Waals surface area contributed by atoms with Crippen LogP contribution >= 0.6 is 11.6 Å². The van der Waals surface area contributed by atoms with Crippen molar-refractivity contribution in [1.29, 1.82) is 0 Å². The predicted molar refractivity (Wildman–Crippen MR) is 169 cm³/mol. The number of rotatable bonds is 7. The lowest BCUT2D eigenvalue weighted by atomic mass is 10.0. The summed E-state index contributed by atoms with van der Waals surface area (Å²) in [6, 6.07) is 15.6. The van der Waals surface area contributed by atoms with E-state index in [4.69, 9.17) is 21.3 Å². The Kier molecular flexibility index (Phi) is 9.82. The molecule has 0 radical (unpaired) electrons. The molecule has 4 heterocycles. The Labute approximate surface area is 259 Å². The van der Waals surface area contributed by atoms with Crippen LogP contribution in [-0.2, 0) is 11.3 Å². The molecule has 0 saturated carbocycles. The second-order valence-electron chi connectivity index (χ2n) is 12.3. The number of halogens is 1. The maximum Gasteiger partial charge on any atom is 0.407 e. The number of benzene rings is 1. The highest BCUT2D eigenvalue weighted by Crippen LogP contribution is 2.29. The molecule has 2 aromatic heterocycles. The predicted octanol–water partition coefficient (Wildman–Crippen LogP) is 5.68. The van der Waals surface area contributed by atoms with Crippen molar-refractivity contribution >= 4 is 29.4 Å². The summed E-state index contributed by atoms with van der Waals surface area (Å²) >= 11 is 6.64. The van der Waals surface area contributed by atoms with Gasteiger partial charge >= 0.3 is 6.09 Å². The monoisotopic (exact) mass is 604 g/mol. The molecular formula is C33H41ClN6O3. The molecule has 0 spiro atoms. The summed E-state index contributed by atoms with van der Waals surface area (Å²) < 4.78 is 5.39. The van der Waals surface area contributed by atoms with Crippen LogP contribution in [0.5, 0.6) is 0 Å². The van der Waals surface area contributed by atoms with Gasteiger partial charge in [0.1, 0.15) is 11.4 Å². The lowest BCUT2D eigenvalue weighted by Crippen LogP contribution is -2.46. The number of pyridine rings is 2. The van der Waals surface area contributed by atoms with E-state index in [-0.39, 0.29) is 24.1 Å². The third-order valence-electron chi connectivity index (χ3n) is 7.86. The minimum absolute atomic E-state index is 0.103. The first-order valence-corrected chi connectivity index (χ1v) is 15.4. The summed E-state index contributed by atoms with van der Waals surface area (Å²) in [4.78, 5) is 39.0. The van der Waals surface area contributed by atoms with Crippen molar-refractivity contribution in [1.82, 2.24) is 25.5 Å². The number of piperidine rings is 2. The van der Waals surface area contributed by atoms with Crippen molar-refractivity contribution in [2.24, 2.45) is 0 Å². The summed E-state index contributed by atoms with van der Waals surface area (Å²) in [6.07, 6.45) is 6.80. The Balaban J connectivity index is 1.06. The van der Waals surface area contributed by atoms with Gasteiger partial charge in [-0.05, 0) is 76.3 Å². The van der Waals surface area contributed by atoms with Crippen LogP contribution in [0.3, 0.4) is 0 Å². The van der Waals surface area contributed by atoms with Gasteiger partial charge in [0.05, 0.1) is 16.3 Å². The standard InChI is InChI=1S/C33H41ClN6O3/c1-33(2,3)43-32(42)38-25-14-19-40(20-15-25)29-11-10-23(21-36-29)22-39-17-12-24(13-18-39)37-31(41)27-8-6-7-26(30(27)34)28-9-4-5-16-35-28/h4-11,16,21,24-25H,12-15,17-20,22H2,1-3H3,(H,37,41)(H,38,42). The summed E-state index contributed by atoms with van der Waals surface area (Å²) in [5.74, 6) is 0.817. The van der Waals surface area contributed by atoms with E-state index in [1.54, 1.807) is 12.3 Å². The molecule has 2 fully saturated rings. The van der Waals surface area contributed by atoms with Crippen molar-refractivity contribution in [3.63, 3.8) is 0 Å². The van der Waals surface area contributed by atoms with E-state index in [0.29, 0.717) is 10.6 Å². The highest BCUT2D eigenvalue weighted by atomic mass is 35.5. The lowest BCUT2D eigenvalue weighted by Gasteiger charge is -2.34. The van der Waals surface area contributed by atoms with E-state index in [9.17, 15) is 9.59 Å². The number of anilines is 1. The zero-order valence-electron chi connectivity index (χ0n) is 25.2. The molecule has 9 nitrogen and oxygen atoms in total. The Bertz CT molecular complexity index is 1380. The van der Waals surface area contributed by atoms with Gasteiger partial charge in [-0.1, -0.05) is 35.9 Å². The van der Waals surface area contributed by atoms with Crippen LogP contribution in [0.4, 0.5) is 10.6 Å². The Hall–Kier alpha value is -3.69. The number of nitrogens with zero attached hydrogens (tertiary/aromatic N) is 4. The van der Waals surface area contributed by atoms with Crippen LogP contribution in [0.1, 0.15) is 62.4 Å². The third-order valence-corrected chi connectivity index (χ3v) is 8.27. The second-order valence-corrected chi connectivity index (χ2v) is 12.7. The molecule has 2 aliphatic heterocycles. The van der Waals surface area contributed by atoms with Gasteiger partial charge in [-0.15, -0.1) is 0 Å². The van der Waals surface area contributed by atoms with Crippen molar-refractivity contribution in [3.8, 4) is 11.3 Å². The van der Waals surface area contributed by atoms with E-state index in [1.165, 1.54) is 5.56 Å². The minimum Gasteiger partial charge on any atom is -0.444 e. The van der Waals surface area contributed by atoms with Gasteiger partial charge in [-0.25, -0.2) is 9.78 Å². The number of carbonyl (C=O) groups is 2. The molecule has 3 aromatic rings. The maximum atomic E-state index is 13.1. The molecule has 2 saturated heterocycles. The van der Waals surface area contributed by atoms with Gasteiger partial charge in [-0.2, -0.15) is 0 Å². The Morgan fingerprint density at radius 3 is 2.28 bits per heavy atom. The van der Waals surface area contributed by atoms with E-state index >= 15 is 0 Å². The smallest absolute Gasteiger partial charge is 0.407 e. The molecule has 43 heavy (non-hydrogen) atoms. The molecule has 5 rings (SSSR count). The first-order chi connectivity index (χ1) is 20.6. The zero-order valence-corrected chi connectivity index (χ0v) is 25.9. The van der Waals surface area contributed by atoms with Crippen LogP contribution in [0.25, 0.3) is 11.3 Å². The van der Waals surface area contributed by atoms with Crippen LogP contribution in [0.15, 0.2) is 60.9 Å². The fraction of sp³-hybridized carbons (Fsp3) is 0.455. The largest absolute Gasteiger partial charge is 0.444 e. The summed E-state index contributed by atoms with van der Waals surface area (Å²) in [6.45, 7) is 9.91. The van der Waals surface area contributed by atoms with E-state index < -0.39 is 5.60 Å². The van der Waals surface area contributed by atoms with Gasteiger partial charge in [0.25, 0.3) is 5.91 Å². The molecule has 0 bridgehead atoms. The molecular weight excluding hydrogens is 564 g/mol. The summed E-state index contributed by atoms with van der Waals surface area (Å²) in [5, 5.41) is 6.60. The Morgan fingerprint density at radius 2 is 1.63 bits per heavy atom. The highest BCUT2D eigenvalue weighted by molar-refractivity contribution is 6.36. The number of hydrogen-bond donors (Lipinski definition) is 2. The van der Waals surface area contributed by atoms with E-state index in [0.717, 1.165) is 75.5 Å². The van der Waals surface area contributed by atoms with Crippen LogP contribution in [0, 0.1) is 0 Å². The second kappa shape index (κ2) is 13.7. The normalized spacial score (nSPS) is 17.0. The summed E-state index contributed by atoms with van der Waals surface area (Å²) in [7, 11) is 0. The molecule has 2 aliphatic rings. The van der Waals surface area contributed by atoms with Gasteiger partial charge in [0, 0.05) is 62.8 Å². The highest BCUT2D eigenvalue weighted by Gasteiger charge is 2.25. The van der Waals surface area contributed by atoms with Crippen LogP contribution < -0.4 is 15.5 Å². The van der Waals surface area contributed by atoms with Gasteiger partial charge in [-0.3, -0.25) is 14.7 Å². The van der Waals surface area contributed by atoms with Crippen LogP contribution in [-0.4, -0.2) is 70.7 Å². The van der Waals surface area contributed by atoms with Crippen molar-refractivity contribution in [2.75, 3.05) is 31.1 Å². The zero-order chi connectivity index (χ0) is 30.4. The minimum atomic E-state index is -0.495. The fourth-order valence-electron chi connectivity index (χ4n) is 5.61. The molecule has 2 amide bonds. The van der Waals surface area contributed by atoms with Crippen LogP contribution in [0.2, 0.25) is 5.02 Å². The molecule has 0 aliphatic carbocycles. The average molecular weight is 605 g/mol.